The first-order valence-electron chi connectivity index (χ1n) is 6.35. The molecule has 4 N–H and O–H groups in total. The van der Waals surface area contributed by atoms with E-state index in [1.165, 1.54) is 0 Å². The van der Waals surface area contributed by atoms with Crippen molar-refractivity contribution >= 4 is 22.7 Å². The van der Waals surface area contributed by atoms with Gasteiger partial charge in [-0.05, 0) is 43.3 Å². The number of hydrogen-bond acceptors (Lipinski definition) is 3. The molecule has 0 radical (unpaired) electrons. The maximum Gasteiger partial charge on any atom is 0.210 e. The van der Waals surface area contributed by atoms with Gasteiger partial charge >= 0.3 is 0 Å². The molecule has 0 aliphatic heterocycles. The number of ketones is 1. The van der Waals surface area contributed by atoms with Crippen LogP contribution in [0.1, 0.15) is 21.6 Å². The molecule has 4 heteroatoms. The van der Waals surface area contributed by atoms with Gasteiger partial charge in [0.2, 0.25) is 5.78 Å². The third-order valence-corrected chi connectivity index (χ3v) is 3.52. The van der Waals surface area contributed by atoms with Crippen LogP contribution in [0.5, 0.6) is 0 Å². The third kappa shape index (κ3) is 1.73. The fourth-order valence-corrected chi connectivity index (χ4v) is 2.41. The molecule has 0 aliphatic carbocycles. The average Bonchev–Trinajstić information content (AvgIpc) is 2.72. The van der Waals surface area contributed by atoms with Crippen LogP contribution in [0.2, 0.25) is 0 Å². The van der Waals surface area contributed by atoms with Gasteiger partial charge in [-0.3, -0.25) is 4.79 Å². The van der Waals surface area contributed by atoms with E-state index in [4.69, 9.17) is 11.5 Å². The van der Waals surface area contributed by atoms with E-state index in [0.29, 0.717) is 22.6 Å². The second-order valence-corrected chi connectivity index (χ2v) is 4.79. The lowest BCUT2D eigenvalue weighted by molar-refractivity contribution is 0.103. The molecule has 20 heavy (non-hydrogen) atoms. The van der Waals surface area contributed by atoms with Crippen molar-refractivity contribution in [3.05, 3.63) is 65.5 Å². The van der Waals surface area contributed by atoms with Gasteiger partial charge in [-0.25, -0.2) is 0 Å². The molecule has 0 fully saturated rings. The molecule has 0 unspecified atom stereocenters. The van der Waals surface area contributed by atoms with Crippen LogP contribution >= 0.6 is 0 Å². The Hall–Kier alpha value is -2.75. The summed E-state index contributed by atoms with van der Waals surface area (Å²) in [5, 5.41) is 0. The molecular weight excluding hydrogens is 250 g/mol. The Balaban J connectivity index is 2.22. The molecule has 0 atom stereocenters. The van der Waals surface area contributed by atoms with Crippen LogP contribution in [-0.2, 0) is 0 Å². The lowest BCUT2D eigenvalue weighted by Crippen LogP contribution is -2.07. The predicted octanol–water partition coefficient (Wildman–Crippen LogP) is 2.64. The minimum absolute atomic E-state index is 0.0552. The number of carbonyl (C=O) groups excluding carboxylic acids is 1. The molecule has 3 aromatic rings. The van der Waals surface area contributed by atoms with E-state index in [2.05, 4.69) is 0 Å². The Kier molecular flexibility index (Phi) is 2.71. The van der Waals surface area contributed by atoms with E-state index in [-0.39, 0.29) is 5.78 Å². The van der Waals surface area contributed by atoms with Crippen molar-refractivity contribution in [2.45, 2.75) is 6.92 Å². The monoisotopic (exact) mass is 265 g/mol. The summed E-state index contributed by atoms with van der Waals surface area (Å²) in [5.41, 5.74) is 15.9. The zero-order chi connectivity index (χ0) is 14.3. The number of aromatic nitrogens is 1. The minimum Gasteiger partial charge on any atom is -0.399 e. The lowest BCUT2D eigenvalue weighted by Gasteiger charge is -2.04. The number of hydrogen-bond donors (Lipinski definition) is 2. The number of pyridine rings is 1. The highest BCUT2D eigenvalue weighted by Crippen LogP contribution is 2.27. The van der Waals surface area contributed by atoms with Crippen LogP contribution in [0.3, 0.4) is 0 Å². The van der Waals surface area contributed by atoms with Gasteiger partial charge in [-0.2, -0.15) is 0 Å². The van der Waals surface area contributed by atoms with Gasteiger partial charge in [-0.15, -0.1) is 0 Å². The second kappa shape index (κ2) is 4.42. The summed E-state index contributed by atoms with van der Waals surface area (Å²) in [4.78, 5) is 12.7. The summed E-state index contributed by atoms with van der Waals surface area (Å²) in [6.45, 7) is 1.87. The molecular formula is C16H15N3O. The van der Waals surface area contributed by atoms with Crippen LogP contribution in [-0.4, -0.2) is 10.2 Å². The minimum atomic E-state index is -0.0552. The molecule has 0 aliphatic rings. The molecule has 0 saturated heterocycles. The number of carbonyl (C=O) groups is 1. The smallest absolute Gasteiger partial charge is 0.210 e. The highest BCUT2D eigenvalue weighted by molar-refractivity contribution is 6.11. The van der Waals surface area contributed by atoms with Gasteiger partial charge in [-0.1, -0.05) is 6.07 Å². The highest BCUT2D eigenvalue weighted by Gasteiger charge is 2.19. The number of nitrogens with zero attached hydrogens (tertiary/aromatic N) is 1. The van der Waals surface area contributed by atoms with Crippen LogP contribution in [0.25, 0.3) is 5.52 Å². The molecule has 100 valence electrons. The van der Waals surface area contributed by atoms with Gasteiger partial charge in [0.25, 0.3) is 0 Å². The zero-order valence-corrected chi connectivity index (χ0v) is 11.1. The second-order valence-electron chi connectivity index (χ2n) is 4.79. The van der Waals surface area contributed by atoms with Gasteiger partial charge in [0.15, 0.2) is 0 Å². The molecule has 0 amide bonds. The van der Waals surface area contributed by atoms with Gasteiger partial charge in [0.1, 0.15) is 0 Å². The van der Waals surface area contributed by atoms with Crippen molar-refractivity contribution in [2.75, 3.05) is 11.5 Å². The largest absolute Gasteiger partial charge is 0.399 e. The Morgan fingerprint density at radius 3 is 2.45 bits per heavy atom. The predicted molar refractivity (Wildman–Crippen MR) is 80.8 cm³/mol. The number of benzene rings is 1. The SMILES string of the molecule is Cc1c(N)c2ccccn2c1C(=O)c1ccc(N)cc1. The molecule has 0 bridgehead atoms. The van der Waals surface area contributed by atoms with E-state index >= 15 is 0 Å². The number of nitrogens with two attached hydrogens (primary N) is 2. The van der Waals surface area contributed by atoms with Crippen LogP contribution in [0, 0.1) is 6.92 Å². The summed E-state index contributed by atoms with van der Waals surface area (Å²) in [5.74, 6) is -0.0552. The molecule has 2 aromatic heterocycles. The maximum absolute atomic E-state index is 12.7. The summed E-state index contributed by atoms with van der Waals surface area (Å²) in [6, 6.07) is 12.6. The Labute approximate surface area is 116 Å². The van der Waals surface area contributed by atoms with Crippen molar-refractivity contribution in [3.8, 4) is 0 Å². The molecule has 2 heterocycles. The summed E-state index contributed by atoms with van der Waals surface area (Å²) in [7, 11) is 0. The molecule has 0 spiro atoms. The number of anilines is 2. The van der Waals surface area contributed by atoms with Crippen molar-refractivity contribution in [1.29, 1.82) is 0 Å². The molecule has 1 aromatic carbocycles. The quantitative estimate of drug-likeness (QED) is 0.552. The van der Waals surface area contributed by atoms with Gasteiger partial charge in [0.05, 0.1) is 16.9 Å². The fourth-order valence-electron chi connectivity index (χ4n) is 2.41. The van der Waals surface area contributed by atoms with Crippen molar-refractivity contribution in [3.63, 3.8) is 0 Å². The maximum atomic E-state index is 12.7. The summed E-state index contributed by atoms with van der Waals surface area (Å²) < 4.78 is 1.84. The molecule has 0 saturated carbocycles. The van der Waals surface area contributed by atoms with Crippen LogP contribution in [0.4, 0.5) is 11.4 Å². The van der Waals surface area contributed by atoms with E-state index < -0.39 is 0 Å². The van der Waals surface area contributed by atoms with Crippen LogP contribution in [0.15, 0.2) is 48.7 Å². The average molecular weight is 265 g/mol. The van der Waals surface area contributed by atoms with E-state index in [1.54, 1.807) is 24.3 Å². The Morgan fingerprint density at radius 2 is 1.75 bits per heavy atom. The highest BCUT2D eigenvalue weighted by atomic mass is 16.1. The summed E-state index contributed by atoms with van der Waals surface area (Å²) in [6.07, 6.45) is 1.85. The lowest BCUT2D eigenvalue weighted by atomic mass is 10.1. The zero-order valence-electron chi connectivity index (χ0n) is 11.1. The number of rotatable bonds is 2. The molecule has 3 rings (SSSR count). The first-order valence-corrected chi connectivity index (χ1v) is 6.35. The fraction of sp³-hybridized carbons (Fsp3) is 0.0625. The normalized spacial score (nSPS) is 10.8. The summed E-state index contributed by atoms with van der Waals surface area (Å²) >= 11 is 0. The van der Waals surface area contributed by atoms with Gasteiger partial charge < -0.3 is 15.9 Å². The van der Waals surface area contributed by atoms with Crippen LogP contribution < -0.4 is 11.5 Å². The Bertz CT molecular complexity index is 800. The first kappa shape index (κ1) is 12.3. The van der Waals surface area contributed by atoms with Crippen molar-refractivity contribution in [1.82, 2.24) is 4.40 Å². The molecule has 4 nitrogen and oxygen atoms in total. The van der Waals surface area contributed by atoms with E-state index in [0.717, 1.165) is 11.1 Å². The number of nitrogen functional groups attached to an aromatic ring is 2. The van der Waals surface area contributed by atoms with Gasteiger partial charge in [0, 0.05) is 23.0 Å². The topological polar surface area (TPSA) is 73.5 Å². The Morgan fingerprint density at radius 1 is 1.05 bits per heavy atom. The third-order valence-electron chi connectivity index (χ3n) is 3.52. The van der Waals surface area contributed by atoms with E-state index in [9.17, 15) is 4.79 Å². The first-order chi connectivity index (χ1) is 9.59. The number of fused-ring (bicyclic) bond motifs is 1. The van der Waals surface area contributed by atoms with Crippen molar-refractivity contribution in [2.24, 2.45) is 0 Å². The van der Waals surface area contributed by atoms with E-state index in [1.807, 2.05) is 35.7 Å². The van der Waals surface area contributed by atoms with Crippen molar-refractivity contribution < 1.29 is 4.79 Å². The standard InChI is InChI=1S/C16H15N3O/c1-10-14(18)13-4-2-3-9-19(13)15(10)16(20)11-5-7-12(17)8-6-11/h2-9H,17-18H2,1H3.